The minimum Gasteiger partial charge on any atom is -0.396 e. The van der Waals surface area contributed by atoms with Crippen molar-refractivity contribution in [3.05, 3.63) is 0 Å². The molecule has 1 aliphatic carbocycles. The number of hydrogen-bond acceptors (Lipinski definition) is 3. The molecule has 0 aromatic heterocycles. The van der Waals surface area contributed by atoms with Gasteiger partial charge in [-0.2, -0.15) is 0 Å². The van der Waals surface area contributed by atoms with Crippen LogP contribution in [0, 0.1) is 5.92 Å². The second-order valence-electron chi connectivity index (χ2n) is 4.75. The fourth-order valence-corrected chi connectivity index (χ4v) is 2.83. The van der Waals surface area contributed by atoms with Crippen molar-refractivity contribution in [2.45, 2.75) is 44.2 Å². The molecule has 82 valence electrons. The van der Waals surface area contributed by atoms with Crippen LogP contribution in [0.2, 0.25) is 0 Å². The van der Waals surface area contributed by atoms with Crippen molar-refractivity contribution >= 4 is 0 Å². The summed E-state index contributed by atoms with van der Waals surface area (Å²) in [6.07, 6.45) is 5.50. The van der Waals surface area contributed by atoms with Gasteiger partial charge in [-0.15, -0.1) is 0 Å². The summed E-state index contributed by atoms with van der Waals surface area (Å²) < 4.78 is 0. The lowest BCUT2D eigenvalue weighted by Gasteiger charge is -2.35. The highest BCUT2D eigenvalue weighted by Crippen LogP contribution is 2.27. The third-order valence-electron chi connectivity index (χ3n) is 3.74. The first-order valence-electron chi connectivity index (χ1n) is 5.84. The number of nitrogens with zero attached hydrogens (tertiary/aromatic N) is 1. The van der Waals surface area contributed by atoms with Gasteiger partial charge in [0.15, 0.2) is 0 Å². The maximum atomic E-state index is 9.88. The summed E-state index contributed by atoms with van der Waals surface area (Å²) in [5.41, 5.74) is 0. The highest BCUT2D eigenvalue weighted by Gasteiger charge is 2.33. The summed E-state index contributed by atoms with van der Waals surface area (Å²) in [5.74, 6) is 0.448. The second-order valence-corrected chi connectivity index (χ2v) is 4.75. The minimum absolute atomic E-state index is 0.124. The van der Waals surface area contributed by atoms with Crippen LogP contribution in [0.4, 0.5) is 0 Å². The lowest BCUT2D eigenvalue weighted by Crippen LogP contribution is -2.44. The summed E-state index contributed by atoms with van der Waals surface area (Å²) in [4.78, 5) is 2.38. The summed E-state index contributed by atoms with van der Waals surface area (Å²) >= 11 is 0. The summed E-state index contributed by atoms with van der Waals surface area (Å²) in [7, 11) is 0. The van der Waals surface area contributed by atoms with Gasteiger partial charge in [-0.25, -0.2) is 0 Å². The van der Waals surface area contributed by atoms with Crippen molar-refractivity contribution in [3.8, 4) is 0 Å². The first-order valence-corrected chi connectivity index (χ1v) is 5.84. The molecule has 1 saturated carbocycles. The van der Waals surface area contributed by atoms with Crippen LogP contribution in [0.5, 0.6) is 0 Å². The second kappa shape index (κ2) is 4.60. The van der Waals surface area contributed by atoms with E-state index in [1.807, 2.05) is 0 Å². The lowest BCUT2D eigenvalue weighted by atomic mass is 9.91. The molecule has 0 aromatic rings. The molecular formula is C11H21NO2. The zero-order chi connectivity index (χ0) is 9.97. The molecule has 1 saturated heterocycles. The number of likely N-dealkylation sites (tertiary alicyclic amines) is 1. The number of hydrogen-bond donors (Lipinski definition) is 2. The third-order valence-corrected chi connectivity index (χ3v) is 3.74. The maximum absolute atomic E-state index is 9.88. The van der Waals surface area contributed by atoms with Crippen LogP contribution in [-0.2, 0) is 0 Å². The molecule has 0 amide bonds. The SMILES string of the molecule is OCC1CCN(C2CCCCC2O)C1. The predicted octanol–water partition coefficient (Wildman–Crippen LogP) is 0.604. The van der Waals surface area contributed by atoms with E-state index in [0.717, 1.165) is 32.4 Å². The third kappa shape index (κ3) is 2.10. The van der Waals surface area contributed by atoms with Gasteiger partial charge in [0.25, 0.3) is 0 Å². The average molecular weight is 199 g/mol. The average Bonchev–Trinajstić information content (AvgIpc) is 2.67. The van der Waals surface area contributed by atoms with Gasteiger partial charge in [0.05, 0.1) is 6.10 Å². The van der Waals surface area contributed by atoms with Gasteiger partial charge in [0.2, 0.25) is 0 Å². The first-order chi connectivity index (χ1) is 6.81. The Morgan fingerprint density at radius 2 is 1.93 bits per heavy atom. The monoisotopic (exact) mass is 199 g/mol. The number of rotatable bonds is 2. The van der Waals surface area contributed by atoms with Gasteiger partial charge in [0, 0.05) is 19.2 Å². The van der Waals surface area contributed by atoms with Crippen LogP contribution in [-0.4, -0.2) is 47.0 Å². The molecule has 0 spiro atoms. The Bertz CT molecular complexity index is 186. The Morgan fingerprint density at radius 1 is 1.14 bits per heavy atom. The van der Waals surface area contributed by atoms with Crippen LogP contribution >= 0.6 is 0 Å². The van der Waals surface area contributed by atoms with E-state index >= 15 is 0 Å². The highest BCUT2D eigenvalue weighted by molar-refractivity contribution is 4.87. The van der Waals surface area contributed by atoms with Crippen LogP contribution in [0.1, 0.15) is 32.1 Å². The van der Waals surface area contributed by atoms with E-state index in [9.17, 15) is 5.11 Å². The van der Waals surface area contributed by atoms with Gasteiger partial charge < -0.3 is 10.2 Å². The van der Waals surface area contributed by atoms with E-state index in [1.165, 1.54) is 12.8 Å². The highest BCUT2D eigenvalue weighted by atomic mass is 16.3. The molecule has 1 aliphatic heterocycles. The molecule has 3 atom stereocenters. The molecule has 3 heteroatoms. The fraction of sp³-hybridized carbons (Fsp3) is 1.00. The molecule has 2 fully saturated rings. The van der Waals surface area contributed by atoms with Gasteiger partial charge >= 0.3 is 0 Å². The Kier molecular flexibility index (Phi) is 3.42. The number of aliphatic hydroxyl groups excluding tert-OH is 2. The molecule has 14 heavy (non-hydrogen) atoms. The van der Waals surface area contributed by atoms with Crippen molar-refractivity contribution in [3.63, 3.8) is 0 Å². The summed E-state index contributed by atoms with van der Waals surface area (Å²) in [5, 5.41) is 18.9. The van der Waals surface area contributed by atoms with E-state index in [2.05, 4.69) is 4.90 Å². The molecule has 2 aliphatic rings. The van der Waals surface area contributed by atoms with Crippen LogP contribution in [0.3, 0.4) is 0 Å². The van der Waals surface area contributed by atoms with Crippen molar-refractivity contribution in [1.29, 1.82) is 0 Å². The smallest absolute Gasteiger partial charge is 0.0695 e. The standard InChI is InChI=1S/C11H21NO2/c13-8-9-5-6-12(7-9)10-3-1-2-4-11(10)14/h9-11,13-14H,1-8H2. The molecule has 2 rings (SSSR count). The molecule has 0 bridgehead atoms. The number of aliphatic hydroxyl groups is 2. The van der Waals surface area contributed by atoms with Crippen molar-refractivity contribution < 1.29 is 10.2 Å². The summed E-state index contributed by atoms with van der Waals surface area (Å²) in [6, 6.07) is 0.375. The minimum atomic E-state index is -0.124. The maximum Gasteiger partial charge on any atom is 0.0695 e. The van der Waals surface area contributed by atoms with Gasteiger partial charge in [-0.05, 0) is 31.7 Å². The van der Waals surface area contributed by atoms with Gasteiger partial charge in [-0.1, -0.05) is 12.8 Å². The topological polar surface area (TPSA) is 43.7 Å². The Balaban J connectivity index is 1.88. The zero-order valence-electron chi connectivity index (χ0n) is 8.73. The normalized spacial score (nSPS) is 40.3. The largest absolute Gasteiger partial charge is 0.396 e. The van der Waals surface area contributed by atoms with E-state index < -0.39 is 0 Å². The van der Waals surface area contributed by atoms with Crippen molar-refractivity contribution in [2.75, 3.05) is 19.7 Å². The Morgan fingerprint density at radius 3 is 2.57 bits per heavy atom. The predicted molar refractivity (Wildman–Crippen MR) is 55.0 cm³/mol. The van der Waals surface area contributed by atoms with Crippen molar-refractivity contribution in [2.24, 2.45) is 5.92 Å². The Hall–Kier alpha value is -0.120. The molecular weight excluding hydrogens is 178 g/mol. The van der Waals surface area contributed by atoms with Crippen molar-refractivity contribution in [1.82, 2.24) is 4.90 Å². The van der Waals surface area contributed by atoms with Gasteiger partial charge in [-0.3, -0.25) is 4.90 Å². The molecule has 2 N–H and O–H groups in total. The van der Waals surface area contributed by atoms with E-state index in [1.54, 1.807) is 0 Å². The molecule has 1 heterocycles. The van der Waals surface area contributed by atoms with E-state index in [-0.39, 0.29) is 6.10 Å². The lowest BCUT2D eigenvalue weighted by molar-refractivity contribution is 0.0281. The van der Waals surface area contributed by atoms with Crippen LogP contribution in [0.25, 0.3) is 0 Å². The van der Waals surface area contributed by atoms with E-state index in [0.29, 0.717) is 18.6 Å². The molecule has 0 aromatic carbocycles. The van der Waals surface area contributed by atoms with Gasteiger partial charge in [0.1, 0.15) is 0 Å². The quantitative estimate of drug-likeness (QED) is 0.684. The molecule has 3 nitrogen and oxygen atoms in total. The summed E-state index contributed by atoms with van der Waals surface area (Å²) in [6.45, 7) is 2.35. The van der Waals surface area contributed by atoms with Crippen LogP contribution in [0.15, 0.2) is 0 Å². The molecule has 3 unspecified atom stereocenters. The first kappa shape index (κ1) is 10.4. The molecule has 0 radical (unpaired) electrons. The van der Waals surface area contributed by atoms with E-state index in [4.69, 9.17) is 5.11 Å². The fourth-order valence-electron chi connectivity index (χ4n) is 2.83. The van der Waals surface area contributed by atoms with Crippen LogP contribution < -0.4 is 0 Å². The zero-order valence-corrected chi connectivity index (χ0v) is 8.73. The Labute approximate surface area is 85.7 Å².